The van der Waals surface area contributed by atoms with Gasteiger partial charge in [-0.3, -0.25) is 9.59 Å². The molecule has 0 fully saturated rings. The van der Waals surface area contributed by atoms with Gasteiger partial charge in [-0.1, -0.05) is 29.8 Å². The largest absolute Gasteiger partial charge is 0.423 e. The summed E-state index contributed by atoms with van der Waals surface area (Å²) in [7, 11) is 0. The number of hydrazone groups is 1. The third-order valence-corrected chi connectivity index (χ3v) is 4.04. The zero-order valence-electron chi connectivity index (χ0n) is 15.5. The minimum Gasteiger partial charge on any atom is -0.423 e. The summed E-state index contributed by atoms with van der Waals surface area (Å²) in [5.74, 6) is -1.89. The number of anilines is 1. The van der Waals surface area contributed by atoms with Gasteiger partial charge in [0.25, 0.3) is 0 Å². The van der Waals surface area contributed by atoms with Gasteiger partial charge in [-0.15, -0.1) is 0 Å². The van der Waals surface area contributed by atoms with Crippen LogP contribution < -0.4 is 15.5 Å². The van der Waals surface area contributed by atoms with Crippen molar-refractivity contribution < 1.29 is 19.1 Å². The molecule has 0 saturated heterocycles. The van der Waals surface area contributed by atoms with Crippen molar-refractivity contribution in [3.8, 4) is 5.75 Å². The Kier molecular flexibility index (Phi) is 6.91. The van der Waals surface area contributed by atoms with Crippen molar-refractivity contribution in [1.29, 1.82) is 0 Å². The minimum atomic E-state index is -0.899. The summed E-state index contributed by atoms with van der Waals surface area (Å²) >= 11 is 5.80. The average molecular weight is 422 g/mol. The summed E-state index contributed by atoms with van der Waals surface area (Å²) in [4.78, 5) is 35.6. The summed E-state index contributed by atoms with van der Waals surface area (Å²) in [6.07, 6.45) is 1.36. The van der Waals surface area contributed by atoms with Crippen molar-refractivity contribution in [3.05, 3.63) is 95.0 Å². The fourth-order valence-corrected chi connectivity index (χ4v) is 2.43. The van der Waals surface area contributed by atoms with E-state index in [0.717, 1.165) is 0 Å². The van der Waals surface area contributed by atoms with Crippen molar-refractivity contribution in [3.63, 3.8) is 0 Å². The van der Waals surface area contributed by atoms with Crippen LogP contribution in [0.4, 0.5) is 5.69 Å². The van der Waals surface area contributed by atoms with Crippen LogP contribution in [0.2, 0.25) is 5.02 Å². The predicted octanol–water partition coefficient (Wildman–Crippen LogP) is 3.65. The van der Waals surface area contributed by atoms with E-state index in [1.165, 1.54) is 6.21 Å². The molecule has 7 nitrogen and oxygen atoms in total. The van der Waals surface area contributed by atoms with E-state index in [1.54, 1.807) is 78.9 Å². The number of carbonyl (C=O) groups excluding carboxylic acids is 3. The molecule has 0 unspecified atom stereocenters. The van der Waals surface area contributed by atoms with E-state index < -0.39 is 17.8 Å². The van der Waals surface area contributed by atoms with Gasteiger partial charge in [0.15, 0.2) is 0 Å². The van der Waals surface area contributed by atoms with Crippen LogP contribution in [-0.4, -0.2) is 24.0 Å². The van der Waals surface area contributed by atoms with E-state index >= 15 is 0 Å². The minimum absolute atomic E-state index is 0.346. The van der Waals surface area contributed by atoms with Crippen molar-refractivity contribution in [2.75, 3.05) is 5.32 Å². The van der Waals surface area contributed by atoms with Crippen molar-refractivity contribution in [2.45, 2.75) is 0 Å². The van der Waals surface area contributed by atoms with Crippen LogP contribution in [0, 0.1) is 0 Å². The molecule has 2 N–H and O–H groups in total. The van der Waals surface area contributed by atoms with Gasteiger partial charge in [0.05, 0.1) is 11.8 Å². The lowest BCUT2D eigenvalue weighted by atomic mass is 10.2. The monoisotopic (exact) mass is 421 g/mol. The molecular weight excluding hydrogens is 406 g/mol. The lowest BCUT2D eigenvalue weighted by Crippen LogP contribution is -2.32. The zero-order valence-corrected chi connectivity index (χ0v) is 16.3. The predicted molar refractivity (Wildman–Crippen MR) is 114 cm³/mol. The first-order chi connectivity index (χ1) is 14.5. The highest BCUT2D eigenvalue weighted by Gasteiger charge is 2.12. The topological polar surface area (TPSA) is 96.9 Å². The lowest BCUT2D eigenvalue weighted by Gasteiger charge is -2.05. The van der Waals surface area contributed by atoms with Crippen LogP contribution >= 0.6 is 11.6 Å². The Balaban J connectivity index is 1.50. The number of nitrogens with one attached hydrogen (secondary N) is 2. The number of benzene rings is 3. The molecule has 0 aliphatic heterocycles. The number of rotatable bonds is 5. The molecule has 3 rings (SSSR count). The normalized spacial score (nSPS) is 10.4. The Morgan fingerprint density at radius 3 is 2.17 bits per heavy atom. The third-order valence-electron chi connectivity index (χ3n) is 3.79. The number of para-hydroxylation sites is 1. The van der Waals surface area contributed by atoms with Crippen LogP contribution in [0.5, 0.6) is 5.75 Å². The molecule has 0 radical (unpaired) electrons. The number of ether oxygens (including phenoxy) is 1. The molecule has 0 aliphatic carbocycles. The Morgan fingerprint density at radius 2 is 1.50 bits per heavy atom. The first-order valence-corrected chi connectivity index (χ1v) is 9.16. The molecule has 8 heteroatoms. The van der Waals surface area contributed by atoms with Crippen molar-refractivity contribution >= 4 is 41.3 Å². The Labute approximate surface area is 177 Å². The molecule has 150 valence electrons. The molecule has 2 amide bonds. The molecule has 0 heterocycles. The summed E-state index contributed by atoms with van der Waals surface area (Å²) < 4.78 is 5.28. The first kappa shape index (κ1) is 20.8. The highest BCUT2D eigenvalue weighted by molar-refractivity contribution is 6.39. The molecular formula is C22H16ClN3O4. The maximum Gasteiger partial charge on any atom is 0.343 e. The van der Waals surface area contributed by atoms with Gasteiger partial charge in [0, 0.05) is 10.7 Å². The summed E-state index contributed by atoms with van der Waals surface area (Å²) in [5, 5.41) is 6.72. The quantitative estimate of drug-likeness (QED) is 0.216. The molecule has 0 spiro atoms. The average Bonchev–Trinajstić information content (AvgIpc) is 2.76. The fourth-order valence-electron chi connectivity index (χ4n) is 2.30. The van der Waals surface area contributed by atoms with Gasteiger partial charge in [-0.05, 0) is 66.2 Å². The van der Waals surface area contributed by atoms with Crippen LogP contribution in [0.25, 0.3) is 0 Å². The van der Waals surface area contributed by atoms with E-state index in [-0.39, 0.29) is 0 Å². The van der Waals surface area contributed by atoms with Gasteiger partial charge in [-0.2, -0.15) is 5.10 Å². The van der Waals surface area contributed by atoms with Crippen LogP contribution in [0.1, 0.15) is 15.9 Å². The lowest BCUT2D eigenvalue weighted by molar-refractivity contribution is -0.136. The first-order valence-electron chi connectivity index (χ1n) is 8.78. The Bertz CT molecular complexity index is 1070. The summed E-state index contributed by atoms with van der Waals surface area (Å²) in [5.41, 5.74) is 3.66. The molecule has 3 aromatic rings. The van der Waals surface area contributed by atoms with E-state index in [1.807, 2.05) is 0 Å². The maximum atomic E-state index is 12.1. The SMILES string of the molecule is O=C(N/N=C\c1ccc(OC(=O)c2ccc(Cl)cc2)cc1)C(=O)Nc1ccccc1. The second kappa shape index (κ2) is 9.99. The maximum absolute atomic E-state index is 12.1. The molecule has 30 heavy (non-hydrogen) atoms. The van der Waals surface area contributed by atoms with E-state index in [9.17, 15) is 14.4 Å². The van der Waals surface area contributed by atoms with E-state index in [2.05, 4.69) is 15.8 Å². The van der Waals surface area contributed by atoms with Gasteiger partial charge in [-0.25, -0.2) is 10.2 Å². The van der Waals surface area contributed by atoms with Crippen molar-refractivity contribution in [1.82, 2.24) is 5.43 Å². The standard InChI is InChI=1S/C22H16ClN3O4/c23-17-10-8-16(9-11-17)22(29)30-19-12-6-15(7-13-19)14-24-26-21(28)20(27)25-18-4-2-1-3-5-18/h1-14H,(H,25,27)(H,26,28)/b24-14-. The number of amides is 2. The number of hydrogen-bond donors (Lipinski definition) is 2. The number of esters is 1. The molecule has 0 bridgehead atoms. The molecule has 3 aromatic carbocycles. The van der Waals surface area contributed by atoms with Gasteiger partial charge in [0.2, 0.25) is 0 Å². The Hall–Kier alpha value is -3.97. The van der Waals surface area contributed by atoms with E-state index in [0.29, 0.717) is 27.6 Å². The summed E-state index contributed by atoms with van der Waals surface area (Å²) in [6, 6.07) is 21.4. The van der Waals surface area contributed by atoms with Crippen molar-refractivity contribution in [2.24, 2.45) is 5.10 Å². The fraction of sp³-hybridized carbons (Fsp3) is 0. The van der Waals surface area contributed by atoms with Crippen LogP contribution in [0.3, 0.4) is 0 Å². The molecule has 0 atom stereocenters. The second-order valence-electron chi connectivity index (χ2n) is 5.98. The summed E-state index contributed by atoms with van der Waals surface area (Å²) in [6.45, 7) is 0. The highest BCUT2D eigenvalue weighted by Crippen LogP contribution is 2.15. The second-order valence-corrected chi connectivity index (χ2v) is 6.42. The van der Waals surface area contributed by atoms with Gasteiger partial charge < -0.3 is 10.1 Å². The molecule has 0 aromatic heterocycles. The van der Waals surface area contributed by atoms with Crippen LogP contribution in [-0.2, 0) is 9.59 Å². The highest BCUT2D eigenvalue weighted by atomic mass is 35.5. The number of nitrogens with zero attached hydrogens (tertiary/aromatic N) is 1. The number of hydrogen-bond acceptors (Lipinski definition) is 5. The molecule has 0 saturated carbocycles. The Morgan fingerprint density at radius 1 is 0.833 bits per heavy atom. The molecule has 0 aliphatic rings. The smallest absolute Gasteiger partial charge is 0.343 e. The third kappa shape index (κ3) is 6.02. The van der Waals surface area contributed by atoms with Gasteiger partial charge >= 0.3 is 17.8 Å². The van der Waals surface area contributed by atoms with Gasteiger partial charge in [0.1, 0.15) is 5.75 Å². The number of halogens is 1. The zero-order chi connectivity index (χ0) is 21.3. The number of carbonyl (C=O) groups is 3. The van der Waals surface area contributed by atoms with E-state index in [4.69, 9.17) is 16.3 Å². The van der Waals surface area contributed by atoms with Crippen LogP contribution in [0.15, 0.2) is 84.0 Å².